The number of methoxy groups -OCH3 is 2. The zero-order chi connectivity index (χ0) is 35.7. The molecule has 3 aromatic rings. The number of aromatic hydroxyl groups is 3. The lowest BCUT2D eigenvalue weighted by molar-refractivity contribution is -0.215. The SMILES string of the molecule is COc1cc2c(cc1O)CCN[C@]21CS[C@@H]2c3c(O)c(C)c4c(c3[C@H](COC1=O)N1C2C2c3c(cc(C)c(OC)c3O)CC1(O)CN2C)OCO4. The van der Waals surface area contributed by atoms with Gasteiger partial charge in [-0.2, -0.15) is 0 Å². The number of phenols is 3. The number of carbonyl (C=O) groups is 1. The molecular formula is C37H41N3O10S. The van der Waals surface area contributed by atoms with Crippen molar-refractivity contribution in [2.24, 2.45) is 0 Å². The molecule has 7 atom stereocenters. The van der Waals surface area contributed by atoms with E-state index in [9.17, 15) is 25.2 Å². The molecule has 8 aliphatic heterocycles. The summed E-state index contributed by atoms with van der Waals surface area (Å²) in [6, 6.07) is 3.56. The molecule has 13 nitrogen and oxygen atoms in total. The van der Waals surface area contributed by atoms with E-state index < -0.39 is 40.6 Å². The highest BCUT2D eigenvalue weighted by Gasteiger charge is 2.63. The van der Waals surface area contributed by atoms with Crippen molar-refractivity contribution in [3.63, 3.8) is 0 Å². The van der Waals surface area contributed by atoms with Gasteiger partial charge in [-0.15, -0.1) is 11.8 Å². The van der Waals surface area contributed by atoms with Crippen molar-refractivity contribution in [2.45, 2.75) is 61.3 Å². The van der Waals surface area contributed by atoms with Crippen LogP contribution in [0, 0.1) is 13.8 Å². The summed E-state index contributed by atoms with van der Waals surface area (Å²) in [6.45, 7) is 4.16. The first-order valence-electron chi connectivity index (χ1n) is 17.1. The number of rotatable bonds is 2. The molecule has 14 heteroatoms. The van der Waals surface area contributed by atoms with Crippen LogP contribution >= 0.6 is 11.8 Å². The molecule has 270 valence electrons. The van der Waals surface area contributed by atoms with Crippen molar-refractivity contribution < 1.29 is 48.9 Å². The van der Waals surface area contributed by atoms with Gasteiger partial charge in [0.05, 0.1) is 31.6 Å². The maximum atomic E-state index is 14.6. The van der Waals surface area contributed by atoms with Crippen molar-refractivity contribution in [1.29, 1.82) is 0 Å². The summed E-state index contributed by atoms with van der Waals surface area (Å²) in [6.07, 6.45) is 0.771. The van der Waals surface area contributed by atoms with Gasteiger partial charge in [-0.3, -0.25) is 15.1 Å². The lowest BCUT2D eigenvalue weighted by atomic mass is 9.78. The number of ether oxygens (including phenoxy) is 5. The minimum absolute atomic E-state index is 0.0100. The van der Waals surface area contributed by atoms with Crippen molar-refractivity contribution in [3.05, 3.63) is 62.7 Å². The molecule has 8 heterocycles. The molecule has 51 heavy (non-hydrogen) atoms. The van der Waals surface area contributed by atoms with Crippen LogP contribution < -0.4 is 24.3 Å². The molecular weight excluding hydrogens is 678 g/mol. The first-order chi connectivity index (χ1) is 24.4. The highest BCUT2D eigenvalue weighted by Crippen LogP contribution is 2.65. The molecule has 8 aliphatic rings. The van der Waals surface area contributed by atoms with Crippen LogP contribution in [-0.2, 0) is 27.9 Å². The van der Waals surface area contributed by atoms with Crippen LogP contribution in [0.25, 0.3) is 0 Å². The number of hydrogen-bond donors (Lipinski definition) is 5. The zero-order valence-electron chi connectivity index (χ0n) is 29.0. The Labute approximate surface area is 299 Å². The van der Waals surface area contributed by atoms with E-state index in [0.717, 1.165) is 16.7 Å². The summed E-state index contributed by atoms with van der Waals surface area (Å²) >= 11 is 1.47. The Bertz CT molecular complexity index is 2030. The molecule has 3 aromatic carbocycles. The average molecular weight is 720 g/mol. The Morgan fingerprint density at radius 2 is 1.76 bits per heavy atom. The molecule has 4 bridgehead atoms. The molecule has 0 aliphatic carbocycles. The van der Waals surface area contributed by atoms with E-state index in [1.54, 1.807) is 19.1 Å². The van der Waals surface area contributed by atoms with E-state index in [1.165, 1.54) is 26.0 Å². The van der Waals surface area contributed by atoms with E-state index in [0.29, 0.717) is 58.0 Å². The molecule has 2 saturated heterocycles. The van der Waals surface area contributed by atoms with E-state index in [2.05, 4.69) is 10.2 Å². The summed E-state index contributed by atoms with van der Waals surface area (Å²) in [5.41, 5.74) is 2.66. The maximum Gasteiger partial charge on any atom is 0.331 e. The summed E-state index contributed by atoms with van der Waals surface area (Å²) in [5.74, 6) is 1.26. The molecule has 0 saturated carbocycles. The topological polar surface area (TPSA) is 163 Å². The van der Waals surface area contributed by atoms with Crippen LogP contribution in [0.3, 0.4) is 0 Å². The van der Waals surface area contributed by atoms with Gasteiger partial charge in [-0.1, -0.05) is 6.07 Å². The third-order valence-corrected chi connectivity index (χ3v) is 13.4. The fourth-order valence-electron chi connectivity index (χ4n) is 9.86. The Morgan fingerprint density at radius 1 is 0.980 bits per heavy atom. The summed E-state index contributed by atoms with van der Waals surface area (Å²) in [4.78, 5) is 18.7. The number of aryl methyl sites for hydroxylation is 1. The number of piperazine rings is 1. The number of nitrogens with one attached hydrogen (secondary N) is 1. The van der Waals surface area contributed by atoms with Gasteiger partial charge in [0, 0.05) is 53.6 Å². The average Bonchev–Trinajstić information content (AvgIpc) is 3.51. The van der Waals surface area contributed by atoms with E-state index in [-0.39, 0.29) is 55.1 Å². The molecule has 4 unspecified atom stereocenters. The van der Waals surface area contributed by atoms with Gasteiger partial charge in [-0.05, 0) is 61.7 Å². The number of benzene rings is 3. The maximum absolute atomic E-state index is 14.6. The molecule has 5 N–H and O–H groups in total. The number of likely N-dealkylation sites (N-methyl/N-ethyl adjacent to an activating group) is 1. The number of nitrogens with zero attached hydrogens (tertiary/aromatic N) is 2. The monoisotopic (exact) mass is 719 g/mol. The van der Waals surface area contributed by atoms with Crippen molar-refractivity contribution in [2.75, 3.05) is 53.5 Å². The van der Waals surface area contributed by atoms with Gasteiger partial charge in [0.25, 0.3) is 0 Å². The second-order valence-electron chi connectivity index (χ2n) is 14.5. The molecule has 0 aromatic heterocycles. The molecule has 1 spiro atoms. The molecule has 11 rings (SSSR count). The lowest BCUT2D eigenvalue weighted by Crippen LogP contribution is -2.70. The number of fused-ring (bicyclic) bond motifs is 6. The van der Waals surface area contributed by atoms with Gasteiger partial charge >= 0.3 is 5.97 Å². The summed E-state index contributed by atoms with van der Waals surface area (Å²) in [7, 11) is 4.94. The first-order valence-corrected chi connectivity index (χ1v) is 18.2. The fourth-order valence-corrected chi connectivity index (χ4v) is 11.5. The Hall–Kier alpha value is -4.08. The third-order valence-electron chi connectivity index (χ3n) is 11.9. The largest absolute Gasteiger partial charge is 0.507 e. The fraction of sp³-hybridized carbons (Fsp3) is 0.486. The van der Waals surface area contributed by atoms with Crippen molar-refractivity contribution in [3.8, 4) is 40.2 Å². The predicted octanol–water partition coefficient (Wildman–Crippen LogP) is 3.20. The van der Waals surface area contributed by atoms with Crippen LogP contribution in [0.15, 0.2) is 18.2 Å². The lowest BCUT2D eigenvalue weighted by Gasteiger charge is -2.60. The number of aliphatic hydroxyl groups is 1. The number of phenolic OH excluding ortho intramolecular Hbond substituents is 3. The van der Waals surface area contributed by atoms with Crippen molar-refractivity contribution >= 4 is 17.7 Å². The van der Waals surface area contributed by atoms with Gasteiger partial charge < -0.3 is 44.1 Å². The Morgan fingerprint density at radius 3 is 2.53 bits per heavy atom. The normalized spacial score (nSPS) is 31.6. The van der Waals surface area contributed by atoms with Gasteiger partial charge in [0.2, 0.25) is 6.79 Å². The number of hydrogen-bond acceptors (Lipinski definition) is 14. The minimum atomic E-state index is -1.48. The smallest absolute Gasteiger partial charge is 0.331 e. The third kappa shape index (κ3) is 4.28. The van der Waals surface area contributed by atoms with E-state index in [4.69, 9.17) is 23.7 Å². The van der Waals surface area contributed by atoms with Crippen LogP contribution in [0.5, 0.6) is 40.2 Å². The summed E-state index contributed by atoms with van der Waals surface area (Å²) in [5, 5.41) is 50.7. The van der Waals surface area contributed by atoms with E-state index >= 15 is 0 Å². The number of esters is 1. The second kappa shape index (κ2) is 11.2. The minimum Gasteiger partial charge on any atom is -0.507 e. The molecule has 0 amide bonds. The highest BCUT2D eigenvalue weighted by molar-refractivity contribution is 7.99. The van der Waals surface area contributed by atoms with Crippen LogP contribution in [0.1, 0.15) is 61.8 Å². The summed E-state index contributed by atoms with van der Waals surface area (Å²) < 4.78 is 29.6. The standard InChI is InChI=1S/C37H41N3O10S/c1-16-8-19-11-36(45)13-39(3)27(24(19)30(43)31(16)47-5)28-34-26-25(33-32(49-15-50-33)17(2)29(26)42)21(40(28)36)12-48-35(44)37(14-51-34)20-10-23(46-4)22(41)9-18(20)6-7-38-37/h8-10,21,27-28,34,38,41-43,45H,6-7,11-15H2,1-5H3/t21-,27?,28?,34+,36?,37+/m0/s1. The van der Waals surface area contributed by atoms with Crippen LogP contribution in [-0.4, -0.2) is 101 Å². The van der Waals surface area contributed by atoms with Crippen LogP contribution in [0.2, 0.25) is 0 Å². The van der Waals surface area contributed by atoms with Crippen molar-refractivity contribution in [1.82, 2.24) is 15.1 Å². The first kappa shape index (κ1) is 32.8. The number of thioether (sulfide) groups is 1. The van der Waals surface area contributed by atoms with Gasteiger partial charge in [0.15, 0.2) is 40.0 Å². The Balaban J connectivity index is 1.31. The van der Waals surface area contributed by atoms with E-state index in [1.807, 2.05) is 24.9 Å². The number of carbonyl (C=O) groups excluding carboxylic acids is 1. The zero-order valence-corrected chi connectivity index (χ0v) is 29.8. The quantitative estimate of drug-likeness (QED) is 0.246. The Kier molecular flexibility index (Phi) is 7.21. The van der Waals surface area contributed by atoms with Gasteiger partial charge in [0.1, 0.15) is 18.1 Å². The highest BCUT2D eigenvalue weighted by atomic mass is 32.2. The second-order valence-corrected chi connectivity index (χ2v) is 15.7. The molecule has 2 fully saturated rings. The van der Waals surface area contributed by atoms with Crippen LogP contribution in [0.4, 0.5) is 0 Å². The predicted molar refractivity (Wildman–Crippen MR) is 185 cm³/mol. The van der Waals surface area contributed by atoms with Gasteiger partial charge in [-0.25, -0.2) is 4.79 Å². The molecule has 0 radical (unpaired) electrons.